The lowest BCUT2D eigenvalue weighted by atomic mass is 10.2. The van der Waals surface area contributed by atoms with Gasteiger partial charge in [-0.2, -0.15) is 13.2 Å². The van der Waals surface area contributed by atoms with Gasteiger partial charge < -0.3 is 4.74 Å². The Morgan fingerprint density at radius 3 is 2.25 bits per heavy atom. The number of benzene rings is 2. The topological polar surface area (TPSA) is 61.8 Å². The van der Waals surface area contributed by atoms with Gasteiger partial charge in [-0.25, -0.2) is 9.79 Å². The van der Waals surface area contributed by atoms with Gasteiger partial charge in [0.25, 0.3) is 5.91 Å². The first kappa shape index (κ1) is 20.2. The van der Waals surface area contributed by atoms with Crippen LogP contribution in [-0.4, -0.2) is 28.8 Å². The number of carbonyl (C=O) groups is 1. The van der Waals surface area contributed by atoms with Gasteiger partial charge in [-0.1, -0.05) is 12.2 Å². The van der Waals surface area contributed by atoms with E-state index in [0.29, 0.717) is 23.0 Å². The maximum atomic E-state index is 12.6. The van der Waals surface area contributed by atoms with Crippen LogP contribution in [0.3, 0.4) is 0 Å². The van der Waals surface area contributed by atoms with Gasteiger partial charge in [0.2, 0.25) is 0 Å². The minimum Gasteiger partial charge on any atom is -0.457 e. The Kier molecular flexibility index (Phi) is 6.28. The molecule has 0 aromatic heterocycles. The number of amides is 1. The zero-order valence-corrected chi connectivity index (χ0v) is 15.3. The first-order valence-electron chi connectivity index (χ1n) is 8.36. The number of halogens is 3. The number of nitrogens with one attached hydrogen (secondary N) is 1. The molecule has 2 aromatic rings. The van der Waals surface area contributed by atoms with E-state index in [1.54, 1.807) is 30.3 Å². The average Bonchev–Trinajstić information content (AvgIpc) is 2.82. The van der Waals surface area contributed by atoms with Crippen molar-refractivity contribution in [3.05, 3.63) is 66.2 Å². The molecule has 0 unspecified atom stereocenters. The molecule has 28 heavy (non-hydrogen) atoms. The molecular formula is C19H17F3N2O3S. The first-order valence-corrected chi connectivity index (χ1v) is 9.17. The second-order valence-electron chi connectivity index (χ2n) is 6.00. The summed E-state index contributed by atoms with van der Waals surface area (Å²) in [6, 6.07) is 10.8. The highest BCUT2D eigenvalue weighted by Gasteiger charge is 2.30. The summed E-state index contributed by atoms with van der Waals surface area (Å²) in [7, 11) is 0. The van der Waals surface area contributed by atoms with Crippen LogP contribution in [0.25, 0.3) is 0 Å². The van der Waals surface area contributed by atoms with Crippen LogP contribution in [-0.2, 0) is 11.0 Å². The van der Waals surface area contributed by atoms with E-state index in [9.17, 15) is 23.2 Å². The lowest BCUT2D eigenvalue weighted by molar-refractivity contribution is -0.164. The summed E-state index contributed by atoms with van der Waals surface area (Å²) in [5, 5.41) is 10.2. The standard InChI is InChI=1S/C19H17F3N2O3S/c20-19(21,22)13-4-6-14(7-5-13)27-15-8-10-16(11-9-15)28-23-17-3-1-2-12-24(26)18(17)25/h1-2,4-11,17,23,26H,3,12H2/t17-/m1/s1. The van der Waals surface area contributed by atoms with E-state index in [1.165, 1.54) is 24.1 Å². The van der Waals surface area contributed by atoms with Crippen molar-refractivity contribution in [1.29, 1.82) is 0 Å². The number of rotatable bonds is 5. The van der Waals surface area contributed by atoms with E-state index in [1.807, 2.05) is 6.08 Å². The van der Waals surface area contributed by atoms with Crippen LogP contribution in [0.4, 0.5) is 13.2 Å². The summed E-state index contributed by atoms with van der Waals surface area (Å²) in [6.07, 6.45) is -0.366. The number of hydroxylamine groups is 2. The van der Waals surface area contributed by atoms with Crippen molar-refractivity contribution in [1.82, 2.24) is 9.79 Å². The summed E-state index contributed by atoms with van der Waals surface area (Å²) in [5.41, 5.74) is -0.734. The highest BCUT2D eigenvalue weighted by Crippen LogP contribution is 2.31. The quantitative estimate of drug-likeness (QED) is 0.427. The molecule has 2 aromatic carbocycles. The maximum Gasteiger partial charge on any atom is 0.416 e. The Bertz CT molecular complexity index is 839. The molecule has 0 saturated heterocycles. The molecule has 9 heteroatoms. The average molecular weight is 410 g/mol. The van der Waals surface area contributed by atoms with Crippen LogP contribution in [0.1, 0.15) is 12.0 Å². The number of ether oxygens (including phenoxy) is 1. The Labute approximate surface area is 163 Å². The molecule has 1 amide bonds. The predicted octanol–water partition coefficient (Wildman–Crippen LogP) is 4.64. The molecule has 0 fully saturated rings. The Balaban J connectivity index is 1.56. The summed E-state index contributed by atoms with van der Waals surface area (Å²) in [6.45, 7) is 0.164. The summed E-state index contributed by atoms with van der Waals surface area (Å²) >= 11 is 1.24. The summed E-state index contributed by atoms with van der Waals surface area (Å²) in [5.74, 6) is 0.365. The first-order chi connectivity index (χ1) is 13.3. The largest absolute Gasteiger partial charge is 0.457 e. The van der Waals surface area contributed by atoms with Crippen molar-refractivity contribution in [3.8, 4) is 11.5 Å². The van der Waals surface area contributed by atoms with Gasteiger partial charge in [-0.05, 0) is 66.9 Å². The Hall–Kier alpha value is -2.49. The van der Waals surface area contributed by atoms with Crippen molar-refractivity contribution in [2.75, 3.05) is 6.54 Å². The molecule has 3 rings (SSSR count). The van der Waals surface area contributed by atoms with Gasteiger partial charge in [0.05, 0.1) is 12.1 Å². The maximum absolute atomic E-state index is 12.6. The molecule has 0 saturated carbocycles. The van der Waals surface area contributed by atoms with Crippen molar-refractivity contribution in [2.24, 2.45) is 0 Å². The summed E-state index contributed by atoms with van der Waals surface area (Å²) < 4.78 is 46.3. The fraction of sp³-hybridized carbons (Fsp3) is 0.211. The highest BCUT2D eigenvalue weighted by atomic mass is 32.2. The monoisotopic (exact) mass is 410 g/mol. The van der Waals surface area contributed by atoms with Gasteiger partial charge in [-0.15, -0.1) is 0 Å². The normalized spacial score (nSPS) is 17.5. The van der Waals surface area contributed by atoms with Crippen molar-refractivity contribution >= 4 is 17.9 Å². The SMILES string of the molecule is O=C1[C@H](NSc2ccc(Oc3ccc(C(F)(F)F)cc3)cc2)CC=CCN1O. The van der Waals surface area contributed by atoms with E-state index in [2.05, 4.69) is 4.72 Å². The minimum absolute atomic E-state index is 0.164. The second-order valence-corrected chi connectivity index (χ2v) is 6.91. The van der Waals surface area contributed by atoms with Crippen LogP contribution >= 0.6 is 11.9 Å². The molecule has 2 N–H and O–H groups in total. The van der Waals surface area contributed by atoms with Gasteiger partial charge in [0.1, 0.15) is 17.5 Å². The third-order valence-electron chi connectivity index (χ3n) is 3.93. The molecule has 1 aliphatic rings. The molecule has 1 aliphatic heterocycles. The number of hydrogen-bond donors (Lipinski definition) is 2. The van der Waals surface area contributed by atoms with Gasteiger partial charge >= 0.3 is 6.18 Å². The predicted molar refractivity (Wildman–Crippen MR) is 98.0 cm³/mol. The van der Waals surface area contributed by atoms with Crippen molar-refractivity contribution in [2.45, 2.75) is 23.5 Å². The van der Waals surface area contributed by atoms with Crippen molar-refractivity contribution in [3.63, 3.8) is 0 Å². The van der Waals surface area contributed by atoms with E-state index in [0.717, 1.165) is 17.0 Å². The number of carbonyl (C=O) groups excluding carboxylic acids is 1. The van der Waals surface area contributed by atoms with E-state index in [-0.39, 0.29) is 6.54 Å². The van der Waals surface area contributed by atoms with Gasteiger partial charge in [0, 0.05) is 4.90 Å². The molecule has 148 valence electrons. The molecule has 0 bridgehead atoms. The molecule has 5 nitrogen and oxygen atoms in total. The molecule has 1 heterocycles. The van der Waals surface area contributed by atoms with Crippen LogP contribution in [0.5, 0.6) is 11.5 Å². The van der Waals surface area contributed by atoms with Crippen LogP contribution in [0, 0.1) is 0 Å². The molecule has 0 aliphatic carbocycles. The van der Waals surface area contributed by atoms with Crippen LogP contribution in [0.15, 0.2) is 65.6 Å². The Morgan fingerprint density at radius 2 is 1.64 bits per heavy atom. The van der Waals surface area contributed by atoms with Gasteiger partial charge in [0.15, 0.2) is 0 Å². The van der Waals surface area contributed by atoms with Crippen molar-refractivity contribution < 1.29 is 27.9 Å². The summed E-state index contributed by atoms with van der Waals surface area (Å²) in [4.78, 5) is 12.8. The van der Waals surface area contributed by atoms with E-state index < -0.39 is 23.7 Å². The zero-order valence-electron chi connectivity index (χ0n) is 14.5. The third-order valence-corrected chi connectivity index (χ3v) is 4.84. The number of alkyl halides is 3. The number of nitrogens with zero attached hydrogens (tertiary/aromatic N) is 1. The highest BCUT2D eigenvalue weighted by molar-refractivity contribution is 7.97. The van der Waals surface area contributed by atoms with Crippen LogP contribution < -0.4 is 9.46 Å². The van der Waals surface area contributed by atoms with E-state index >= 15 is 0 Å². The lowest BCUT2D eigenvalue weighted by Crippen LogP contribution is -2.41. The van der Waals surface area contributed by atoms with Crippen LogP contribution in [0.2, 0.25) is 0 Å². The second kappa shape index (κ2) is 8.68. The third kappa shape index (κ3) is 5.28. The fourth-order valence-electron chi connectivity index (χ4n) is 2.44. The molecular weight excluding hydrogens is 393 g/mol. The number of hydrogen-bond acceptors (Lipinski definition) is 5. The molecule has 0 radical (unpaired) electrons. The minimum atomic E-state index is -4.38. The molecule has 1 atom stereocenters. The Morgan fingerprint density at radius 1 is 1.04 bits per heavy atom. The molecule has 0 spiro atoms. The smallest absolute Gasteiger partial charge is 0.416 e. The lowest BCUT2D eigenvalue weighted by Gasteiger charge is -2.18. The van der Waals surface area contributed by atoms with Gasteiger partial charge in [-0.3, -0.25) is 10.0 Å². The zero-order chi connectivity index (χ0) is 20.1. The fourth-order valence-corrected chi connectivity index (χ4v) is 3.19. The van der Waals surface area contributed by atoms with E-state index in [4.69, 9.17) is 4.74 Å².